The molecule has 64 valence electrons. The molecule has 2 N–H and O–H groups in total. The number of rotatable bonds is 1. The van der Waals surface area contributed by atoms with Crippen LogP contribution in [0.25, 0.3) is 0 Å². The molecule has 12 heavy (non-hydrogen) atoms. The summed E-state index contributed by atoms with van der Waals surface area (Å²) >= 11 is 0. The van der Waals surface area contributed by atoms with Crippen molar-refractivity contribution in [3.8, 4) is 0 Å². The Morgan fingerprint density at radius 1 is 1.58 bits per heavy atom. The Hall–Kier alpha value is -1.65. The molecular formula is C7H7FN2O2. The topological polar surface area (TPSA) is 69.2 Å². The van der Waals surface area contributed by atoms with Gasteiger partial charge in [-0.05, 0) is 13.0 Å². The Balaban J connectivity index is 3.36. The van der Waals surface area contributed by atoms with Crippen LogP contribution < -0.4 is 5.73 Å². The number of anilines is 1. The van der Waals surface area contributed by atoms with E-state index in [9.17, 15) is 14.5 Å². The lowest BCUT2D eigenvalue weighted by Gasteiger charge is -2.01. The van der Waals surface area contributed by atoms with Crippen LogP contribution in [0.1, 0.15) is 5.56 Å². The summed E-state index contributed by atoms with van der Waals surface area (Å²) in [4.78, 5) is 9.72. The van der Waals surface area contributed by atoms with Gasteiger partial charge in [-0.2, -0.15) is 0 Å². The van der Waals surface area contributed by atoms with Gasteiger partial charge in [-0.1, -0.05) is 0 Å². The second-order valence-electron chi connectivity index (χ2n) is 2.36. The fraction of sp³-hybridized carbons (Fsp3) is 0.143. The molecule has 0 atom stereocenters. The van der Waals surface area contributed by atoms with Gasteiger partial charge in [-0.15, -0.1) is 0 Å². The number of nitrogen functional groups attached to an aromatic ring is 1. The first kappa shape index (κ1) is 8.45. The highest BCUT2D eigenvalue weighted by molar-refractivity contribution is 5.57. The van der Waals surface area contributed by atoms with Crippen molar-refractivity contribution >= 4 is 11.4 Å². The minimum absolute atomic E-state index is 0.158. The molecule has 0 saturated heterocycles. The monoisotopic (exact) mass is 170 g/mol. The molecule has 0 aliphatic rings. The van der Waals surface area contributed by atoms with E-state index < -0.39 is 10.7 Å². The lowest BCUT2D eigenvalue weighted by molar-refractivity contribution is -0.385. The van der Waals surface area contributed by atoms with E-state index in [-0.39, 0.29) is 16.9 Å². The van der Waals surface area contributed by atoms with E-state index in [1.807, 2.05) is 0 Å². The molecule has 0 unspecified atom stereocenters. The summed E-state index contributed by atoms with van der Waals surface area (Å²) < 4.78 is 12.7. The van der Waals surface area contributed by atoms with Crippen LogP contribution in [0.3, 0.4) is 0 Å². The van der Waals surface area contributed by atoms with Crippen molar-refractivity contribution in [1.29, 1.82) is 0 Å². The molecule has 0 aromatic heterocycles. The first-order valence-electron chi connectivity index (χ1n) is 3.23. The molecule has 0 heterocycles. The Labute approximate surface area is 68.0 Å². The maximum atomic E-state index is 12.7. The normalized spacial score (nSPS) is 9.83. The smallest absolute Gasteiger partial charge is 0.274 e. The second kappa shape index (κ2) is 2.77. The molecule has 5 heteroatoms. The summed E-state index contributed by atoms with van der Waals surface area (Å²) in [7, 11) is 0. The molecule has 1 rings (SSSR count). The quantitative estimate of drug-likeness (QED) is 0.395. The van der Waals surface area contributed by atoms with Crippen LogP contribution in [-0.4, -0.2) is 4.92 Å². The average molecular weight is 170 g/mol. The minimum Gasteiger partial charge on any atom is -0.396 e. The van der Waals surface area contributed by atoms with Crippen molar-refractivity contribution < 1.29 is 9.31 Å². The van der Waals surface area contributed by atoms with E-state index in [1.165, 1.54) is 6.92 Å². The van der Waals surface area contributed by atoms with E-state index in [2.05, 4.69) is 0 Å². The van der Waals surface area contributed by atoms with Gasteiger partial charge >= 0.3 is 0 Å². The average Bonchev–Trinajstić information content (AvgIpc) is 2.00. The van der Waals surface area contributed by atoms with Gasteiger partial charge in [0.25, 0.3) is 5.69 Å². The number of nitrogens with zero attached hydrogens (tertiary/aromatic N) is 1. The van der Waals surface area contributed by atoms with Gasteiger partial charge in [0.05, 0.1) is 16.2 Å². The minimum atomic E-state index is -0.627. The predicted molar refractivity (Wildman–Crippen MR) is 42.2 cm³/mol. The number of hydrogen-bond donors (Lipinski definition) is 1. The SMILES string of the molecule is Cc1c([N+](=O)[O-])ccc(F)c1N. The first-order valence-corrected chi connectivity index (χ1v) is 3.23. The van der Waals surface area contributed by atoms with Gasteiger partial charge in [-0.3, -0.25) is 10.1 Å². The Morgan fingerprint density at radius 2 is 2.17 bits per heavy atom. The molecule has 0 fully saturated rings. The second-order valence-corrected chi connectivity index (χ2v) is 2.36. The number of halogens is 1. The van der Waals surface area contributed by atoms with Crippen LogP contribution >= 0.6 is 0 Å². The van der Waals surface area contributed by atoms with Crippen molar-refractivity contribution in [3.63, 3.8) is 0 Å². The van der Waals surface area contributed by atoms with Gasteiger partial charge in [0.1, 0.15) is 5.82 Å². The fourth-order valence-corrected chi connectivity index (χ4v) is 0.882. The summed E-state index contributed by atoms with van der Waals surface area (Å²) in [6, 6.07) is 2.08. The number of benzene rings is 1. The molecule has 1 aromatic carbocycles. The Morgan fingerprint density at radius 3 is 2.67 bits per heavy atom. The summed E-state index contributed by atoms with van der Waals surface area (Å²) in [5.41, 5.74) is 5.09. The Bertz CT molecular complexity index is 338. The maximum Gasteiger partial charge on any atom is 0.274 e. The van der Waals surface area contributed by atoms with Crippen LogP contribution in [0, 0.1) is 22.9 Å². The molecule has 4 nitrogen and oxygen atoms in total. The summed E-state index contributed by atoms with van der Waals surface area (Å²) in [5, 5.41) is 10.3. The van der Waals surface area contributed by atoms with Gasteiger partial charge in [0, 0.05) is 6.07 Å². The zero-order chi connectivity index (χ0) is 9.30. The summed E-state index contributed by atoms with van der Waals surface area (Å²) in [5.74, 6) is -0.627. The van der Waals surface area contributed by atoms with E-state index in [0.29, 0.717) is 0 Å². The highest BCUT2D eigenvalue weighted by Crippen LogP contribution is 2.25. The van der Waals surface area contributed by atoms with Crippen molar-refractivity contribution in [2.75, 3.05) is 5.73 Å². The van der Waals surface area contributed by atoms with Crippen LogP contribution in [0.15, 0.2) is 12.1 Å². The third kappa shape index (κ3) is 1.20. The molecule has 0 radical (unpaired) electrons. The van der Waals surface area contributed by atoms with Gasteiger partial charge in [0.15, 0.2) is 0 Å². The van der Waals surface area contributed by atoms with E-state index in [4.69, 9.17) is 5.73 Å². The summed E-state index contributed by atoms with van der Waals surface area (Å²) in [6.07, 6.45) is 0. The van der Waals surface area contributed by atoms with Gasteiger partial charge in [-0.25, -0.2) is 4.39 Å². The van der Waals surface area contributed by atoms with Gasteiger partial charge < -0.3 is 5.73 Å². The van der Waals surface area contributed by atoms with Gasteiger partial charge in [0.2, 0.25) is 0 Å². The van der Waals surface area contributed by atoms with Crippen molar-refractivity contribution in [1.82, 2.24) is 0 Å². The third-order valence-electron chi connectivity index (χ3n) is 1.63. The molecule has 0 aliphatic carbocycles. The van der Waals surface area contributed by atoms with Crippen molar-refractivity contribution in [3.05, 3.63) is 33.6 Å². The lowest BCUT2D eigenvalue weighted by Crippen LogP contribution is -1.99. The molecule has 1 aromatic rings. The lowest BCUT2D eigenvalue weighted by atomic mass is 10.1. The van der Waals surface area contributed by atoms with Crippen LogP contribution in [-0.2, 0) is 0 Å². The first-order chi connectivity index (χ1) is 5.54. The van der Waals surface area contributed by atoms with Crippen molar-refractivity contribution in [2.24, 2.45) is 0 Å². The van der Waals surface area contributed by atoms with Crippen molar-refractivity contribution in [2.45, 2.75) is 6.92 Å². The zero-order valence-electron chi connectivity index (χ0n) is 6.37. The molecule has 0 amide bonds. The third-order valence-corrected chi connectivity index (χ3v) is 1.63. The highest BCUT2D eigenvalue weighted by atomic mass is 19.1. The van der Waals surface area contributed by atoms with Crippen LogP contribution in [0.5, 0.6) is 0 Å². The Kier molecular flexibility index (Phi) is 1.95. The molecule has 0 bridgehead atoms. The van der Waals surface area contributed by atoms with E-state index in [0.717, 1.165) is 12.1 Å². The molecule has 0 aliphatic heterocycles. The fourth-order valence-electron chi connectivity index (χ4n) is 0.882. The number of nitro benzene ring substituents is 1. The largest absolute Gasteiger partial charge is 0.396 e. The standard InChI is InChI=1S/C7H7FN2O2/c1-4-6(10(11)12)3-2-5(8)7(4)9/h2-3H,9H2,1H3. The maximum absolute atomic E-state index is 12.7. The number of nitro groups is 1. The van der Waals surface area contributed by atoms with E-state index >= 15 is 0 Å². The number of hydrogen-bond acceptors (Lipinski definition) is 3. The summed E-state index contributed by atoms with van der Waals surface area (Å²) in [6.45, 7) is 1.41. The van der Waals surface area contributed by atoms with Crippen LogP contribution in [0.4, 0.5) is 15.8 Å². The zero-order valence-corrected chi connectivity index (χ0v) is 6.37. The number of nitrogens with two attached hydrogens (primary N) is 1. The molecule has 0 spiro atoms. The molecule has 0 saturated carbocycles. The van der Waals surface area contributed by atoms with E-state index in [1.54, 1.807) is 0 Å². The predicted octanol–water partition coefficient (Wildman–Crippen LogP) is 1.62. The highest BCUT2D eigenvalue weighted by Gasteiger charge is 2.14. The molecular weight excluding hydrogens is 163 g/mol. The van der Waals surface area contributed by atoms with Crippen LogP contribution in [0.2, 0.25) is 0 Å².